The van der Waals surface area contributed by atoms with Crippen molar-refractivity contribution in [2.45, 2.75) is 29.4 Å². The third-order valence-corrected chi connectivity index (χ3v) is 10.1. The Morgan fingerprint density at radius 3 is 2.27 bits per heavy atom. The summed E-state index contributed by atoms with van der Waals surface area (Å²) in [5.74, 6) is 1.36. The summed E-state index contributed by atoms with van der Waals surface area (Å²) in [5, 5.41) is 12.6. The Morgan fingerprint density at radius 2 is 1.58 bits per heavy atom. The largest absolute Gasteiger partial charge is 0.489 e. The zero-order valence-corrected chi connectivity index (χ0v) is 27.7. The number of rotatable bonds is 13. The second-order valence-corrected chi connectivity index (χ2v) is 13.8. The molecule has 6 rings (SSSR count). The maximum atomic E-state index is 13.0. The topological polar surface area (TPSA) is 123 Å². The first-order chi connectivity index (χ1) is 23.3. The molecule has 11 heteroatoms. The number of sulfonamides is 1. The second kappa shape index (κ2) is 15.0. The molecule has 0 spiro atoms. The molecular formula is C37H35N2O7PS. The van der Waals surface area contributed by atoms with Crippen molar-refractivity contribution in [1.29, 1.82) is 0 Å². The van der Waals surface area contributed by atoms with Gasteiger partial charge in [0.1, 0.15) is 36.6 Å². The monoisotopic (exact) mass is 682 g/mol. The fourth-order valence-electron chi connectivity index (χ4n) is 5.35. The zero-order valence-electron chi connectivity index (χ0n) is 26.0. The van der Waals surface area contributed by atoms with Crippen molar-refractivity contribution >= 4 is 24.2 Å². The first-order valence-corrected chi connectivity index (χ1v) is 17.8. The van der Waals surface area contributed by atoms with E-state index in [1.54, 1.807) is 36.4 Å². The Labute approximate surface area is 281 Å². The van der Waals surface area contributed by atoms with Gasteiger partial charge in [-0.05, 0) is 60.5 Å². The van der Waals surface area contributed by atoms with Gasteiger partial charge in [-0.15, -0.1) is 0 Å². The maximum absolute atomic E-state index is 13.0. The van der Waals surface area contributed by atoms with Crippen LogP contribution in [0.15, 0.2) is 132 Å². The molecule has 4 bridgehead atoms. The molecule has 1 aliphatic heterocycles. The van der Waals surface area contributed by atoms with Crippen LogP contribution in [0.2, 0.25) is 0 Å². The van der Waals surface area contributed by atoms with E-state index in [2.05, 4.69) is 10.0 Å². The molecule has 9 nitrogen and oxygen atoms in total. The minimum absolute atomic E-state index is 0.0485. The standard InChI is InChI=1S/C37H35N2O7PS/c40-31(26-45-36-19-18-33-23-35(36)39-48(42,43)34-13-7-8-28(22-34)25-44-33)24-38-21-20-27-14-16-32(17-15-27)46-37(47-41,29-9-3-1-4-10-29)30-11-5-2-6-12-30/h1-19,22-23,31,38-40H,20-21,24-26H2. The fourth-order valence-corrected chi connectivity index (χ4v) is 7.14. The Hall–Kier alpha value is -4.73. The molecule has 1 unspecified atom stereocenters. The van der Waals surface area contributed by atoms with Gasteiger partial charge in [-0.3, -0.25) is 9.29 Å². The molecule has 5 aromatic carbocycles. The van der Waals surface area contributed by atoms with Crippen LogP contribution in [0.4, 0.5) is 5.69 Å². The summed E-state index contributed by atoms with van der Waals surface area (Å²) < 4.78 is 59.4. The fraction of sp³-hybridized carbons (Fsp3) is 0.189. The lowest BCUT2D eigenvalue weighted by atomic mass is 10.0. The van der Waals surface area contributed by atoms with Crippen LogP contribution < -0.4 is 24.2 Å². The molecule has 1 heterocycles. The van der Waals surface area contributed by atoms with Crippen molar-refractivity contribution in [2.24, 2.45) is 0 Å². The Bertz CT molecular complexity index is 1900. The number of ether oxygens (including phenoxy) is 3. The van der Waals surface area contributed by atoms with Crippen LogP contribution in [0.5, 0.6) is 17.2 Å². The number of aliphatic hydroxyl groups is 1. The summed E-state index contributed by atoms with van der Waals surface area (Å²) >= 11 is 0. The van der Waals surface area contributed by atoms with E-state index < -0.39 is 21.5 Å². The van der Waals surface area contributed by atoms with E-state index in [1.807, 2.05) is 84.9 Å². The van der Waals surface area contributed by atoms with Gasteiger partial charge < -0.3 is 24.6 Å². The van der Waals surface area contributed by atoms with Crippen LogP contribution in [0.1, 0.15) is 22.3 Å². The second-order valence-electron chi connectivity index (χ2n) is 11.3. The summed E-state index contributed by atoms with van der Waals surface area (Å²) in [4.78, 5) is 0.128. The van der Waals surface area contributed by atoms with Crippen molar-refractivity contribution in [1.82, 2.24) is 5.32 Å². The lowest BCUT2D eigenvalue weighted by molar-refractivity contribution is 0.107. The first-order valence-electron chi connectivity index (χ1n) is 15.5. The van der Waals surface area contributed by atoms with Gasteiger partial charge >= 0.3 is 0 Å². The highest BCUT2D eigenvalue weighted by atomic mass is 32.2. The molecule has 0 aromatic heterocycles. The highest BCUT2D eigenvalue weighted by molar-refractivity contribution is 7.92. The Kier molecular flexibility index (Phi) is 10.4. The number of hydrogen-bond donors (Lipinski definition) is 3. The summed E-state index contributed by atoms with van der Waals surface area (Å²) in [5.41, 5.74) is 3.59. The van der Waals surface area contributed by atoms with Crippen LogP contribution in [0.25, 0.3) is 0 Å². The van der Waals surface area contributed by atoms with E-state index in [-0.39, 0.29) is 44.6 Å². The van der Waals surface area contributed by atoms with E-state index in [0.717, 1.165) is 22.3 Å². The number of anilines is 1. The van der Waals surface area contributed by atoms with E-state index in [4.69, 9.17) is 14.2 Å². The van der Waals surface area contributed by atoms with E-state index >= 15 is 0 Å². The molecule has 0 saturated heterocycles. The van der Waals surface area contributed by atoms with Crippen LogP contribution in [0, 0.1) is 0 Å². The summed E-state index contributed by atoms with van der Waals surface area (Å²) in [6, 6.07) is 38.2. The number of benzene rings is 5. The van der Waals surface area contributed by atoms with Crippen molar-refractivity contribution in [3.63, 3.8) is 0 Å². The zero-order chi connectivity index (χ0) is 33.4. The summed E-state index contributed by atoms with van der Waals surface area (Å²) in [6.45, 7) is 1.06. The molecule has 0 radical (unpaired) electrons. The molecule has 0 amide bonds. The molecule has 3 N–H and O–H groups in total. The first kappa shape index (κ1) is 33.2. The van der Waals surface area contributed by atoms with E-state index in [9.17, 15) is 18.1 Å². The third kappa shape index (κ3) is 7.86. The van der Waals surface area contributed by atoms with Gasteiger partial charge in [0.2, 0.25) is 13.8 Å². The quantitative estimate of drug-likeness (QED) is 0.0948. The van der Waals surface area contributed by atoms with Gasteiger partial charge in [0.05, 0.1) is 10.6 Å². The van der Waals surface area contributed by atoms with Crippen molar-refractivity contribution in [2.75, 3.05) is 24.4 Å². The average molecular weight is 683 g/mol. The summed E-state index contributed by atoms with van der Waals surface area (Å²) in [6.07, 6.45) is -0.141. The number of aliphatic hydroxyl groups excluding tert-OH is 1. The maximum Gasteiger partial charge on any atom is 0.262 e. The van der Waals surface area contributed by atoms with Gasteiger partial charge in [0, 0.05) is 23.7 Å². The summed E-state index contributed by atoms with van der Waals surface area (Å²) in [7, 11) is -4.03. The van der Waals surface area contributed by atoms with Gasteiger partial charge in [-0.2, -0.15) is 0 Å². The van der Waals surface area contributed by atoms with Crippen LogP contribution in [-0.2, 0) is 33.0 Å². The molecule has 0 fully saturated rings. The minimum Gasteiger partial charge on any atom is -0.489 e. The van der Waals surface area contributed by atoms with E-state index in [1.165, 1.54) is 6.07 Å². The Morgan fingerprint density at radius 1 is 0.875 bits per heavy atom. The number of hydrogen-bond acceptors (Lipinski definition) is 8. The molecule has 1 atom stereocenters. The van der Waals surface area contributed by atoms with Gasteiger partial charge in [-0.1, -0.05) is 84.9 Å². The van der Waals surface area contributed by atoms with Crippen molar-refractivity contribution in [3.05, 3.63) is 150 Å². The van der Waals surface area contributed by atoms with Gasteiger partial charge in [0.15, 0.2) is 0 Å². The van der Waals surface area contributed by atoms with Crippen LogP contribution in [-0.4, -0.2) is 39.3 Å². The smallest absolute Gasteiger partial charge is 0.262 e. The molecule has 48 heavy (non-hydrogen) atoms. The lowest BCUT2D eigenvalue weighted by Crippen LogP contribution is -2.32. The highest BCUT2D eigenvalue weighted by Crippen LogP contribution is 2.43. The normalized spacial score (nSPS) is 14.3. The molecular weight excluding hydrogens is 647 g/mol. The molecule has 0 aliphatic carbocycles. The lowest BCUT2D eigenvalue weighted by Gasteiger charge is -2.29. The SMILES string of the molecule is O=PC(Oc1ccc(CCNCC(O)COc2ccc3cc2NS(=O)(=O)c2cccc(c2)CO3)cc1)(c1ccccc1)c1ccccc1. The van der Waals surface area contributed by atoms with Gasteiger partial charge in [-0.25, -0.2) is 8.42 Å². The number of nitrogens with one attached hydrogen (secondary N) is 2. The molecule has 5 aromatic rings. The molecule has 1 aliphatic rings. The van der Waals surface area contributed by atoms with Gasteiger partial charge in [0.25, 0.3) is 10.0 Å². The van der Waals surface area contributed by atoms with E-state index in [0.29, 0.717) is 24.5 Å². The van der Waals surface area contributed by atoms with Crippen LogP contribution in [0.3, 0.4) is 0 Å². The van der Waals surface area contributed by atoms with Crippen molar-refractivity contribution < 1.29 is 32.3 Å². The third-order valence-electron chi connectivity index (χ3n) is 7.86. The molecule has 0 saturated carbocycles. The average Bonchev–Trinajstić information content (AvgIpc) is 3.12. The predicted molar refractivity (Wildman–Crippen MR) is 184 cm³/mol. The molecule has 246 valence electrons. The predicted octanol–water partition coefficient (Wildman–Crippen LogP) is 6.52. The van der Waals surface area contributed by atoms with Crippen molar-refractivity contribution in [3.8, 4) is 17.2 Å². The Balaban J connectivity index is 1.01. The van der Waals surface area contributed by atoms with Crippen LogP contribution >= 0.6 is 8.46 Å². The highest BCUT2D eigenvalue weighted by Gasteiger charge is 2.38. The minimum atomic E-state index is -3.85. The number of fused-ring (bicyclic) bond motifs is 4.